The van der Waals surface area contributed by atoms with Gasteiger partial charge in [0.05, 0.1) is 5.56 Å². The van der Waals surface area contributed by atoms with Crippen LogP contribution in [0.5, 0.6) is 0 Å². The molecule has 2 N–H and O–H groups in total. The number of benzene rings is 2. The second-order valence-corrected chi connectivity index (χ2v) is 5.29. The van der Waals surface area contributed by atoms with Crippen LogP contribution < -0.4 is 5.73 Å². The topological polar surface area (TPSA) is 52.0 Å². The number of hydrogen-bond donors (Lipinski definition) is 1. The molecule has 0 fully saturated rings. The Morgan fingerprint density at radius 2 is 1.86 bits per heavy atom. The molecule has 3 rings (SSSR count). The summed E-state index contributed by atoms with van der Waals surface area (Å²) in [7, 11) is 0. The number of anilines is 1. The molecule has 0 aliphatic heterocycles. The normalized spacial score (nSPS) is 12.0. The van der Waals surface area contributed by atoms with Crippen LogP contribution in [0, 0.1) is 0 Å². The maximum atomic E-state index is 12.7. The van der Waals surface area contributed by atoms with E-state index >= 15 is 0 Å². The van der Waals surface area contributed by atoms with E-state index < -0.39 is 11.7 Å². The molecule has 0 saturated heterocycles. The molecule has 1 aromatic heterocycles. The highest BCUT2D eigenvalue weighted by Crippen LogP contribution is 2.33. The molecule has 7 heteroatoms. The van der Waals surface area contributed by atoms with Gasteiger partial charge in [-0.25, -0.2) is 4.98 Å². The van der Waals surface area contributed by atoms with E-state index in [2.05, 4.69) is 20.9 Å². The molecule has 3 nitrogen and oxygen atoms in total. The number of oxazole rings is 1. The summed E-state index contributed by atoms with van der Waals surface area (Å²) in [5, 5.41) is 0. The Hall–Kier alpha value is -2.02. The summed E-state index contributed by atoms with van der Waals surface area (Å²) in [4.78, 5) is 4.10. The molecule has 0 aliphatic rings. The molecule has 0 amide bonds. The van der Waals surface area contributed by atoms with Crippen molar-refractivity contribution in [3.63, 3.8) is 0 Å². The SMILES string of the molecule is Nc1ccc(-c2nc3cc(C(F)(F)F)ccc3o2)cc1Br. The maximum absolute atomic E-state index is 12.7. The van der Waals surface area contributed by atoms with E-state index in [0.717, 1.165) is 12.1 Å². The van der Waals surface area contributed by atoms with Gasteiger partial charge in [0.25, 0.3) is 0 Å². The third-order valence-corrected chi connectivity index (χ3v) is 3.65. The third-order valence-electron chi connectivity index (χ3n) is 2.96. The molecule has 108 valence electrons. The van der Waals surface area contributed by atoms with Gasteiger partial charge >= 0.3 is 6.18 Å². The van der Waals surface area contributed by atoms with Gasteiger partial charge in [0.2, 0.25) is 5.89 Å². The number of rotatable bonds is 1. The van der Waals surface area contributed by atoms with Gasteiger partial charge in [-0.15, -0.1) is 0 Å². The summed E-state index contributed by atoms with van der Waals surface area (Å²) in [5.74, 6) is 0.241. The fourth-order valence-electron chi connectivity index (χ4n) is 1.89. The summed E-state index contributed by atoms with van der Waals surface area (Å²) in [6, 6.07) is 8.25. The minimum Gasteiger partial charge on any atom is -0.436 e. The number of aromatic nitrogens is 1. The average molecular weight is 357 g/mol. The molecular formula is C14H8BrF3N2O. The highest BCUT2D eigenvalue weighted by Gasteiger charge is 2.31. The van der Waals surface area contributed by atoms with E-state index in [1.54, 1.807) is 18.2 Å². The van der Waals surface area contributed by atoms with Gasteiger partial charge in [0.15, 0.2) is 5.58 Å². The van der Waals surface area contributed by atoms with Crippen molar-refractivity contribution in [1.82, 2.24) is 4.98 Å². The van der Waals surface area contributed by atoms with Gasteiger partial charge in [-0.1, -0.05) is 0 Å². The maximum Gasteiger partial charge on any atom is 0.416 e. The van der Waals surface area contributed by atoms with Crippen molar-refractivity contribution in [2.24, 2.45) is 0 Å². The van der Waals surface area contributed by atoms with E-state index in [0.29, 0.717) is 21.3 Å². The summed E-state index contributed by atoms with van der Waals surface area (Å²) in [6.07, 6.45) is -4.41. The zero-order valence-electron chi connectivity index (χ0n) is 10.4. The number of nitrogen functional groups attached to an aromatic ring is 1. The lowest BCUT2D eigenvalue weighted by Gasteiger charge is -2.04. The Balaban J connectivity index is 2.10. The van der Waals surface area contributed by atoms with E-state index in [1.165, 1.54) is 6.07 Å². The molecule has 0 saturated carbocycles. The quantitative estimate of drug-likeness (QED) is 0.633. The lowest BCUT2D eigenvalue weighted by Crippen LogP contribution is -2.03. The van der Waals surface area contributed by atoms with Crippen molar-refractivity contribution in [2.45, 2.75) is 6.18 Å². The molecule has 1 heterocycles. The first-order valence-corrected chi connectivity index (χ1v) is 6.67. The van der Waals surface area contributed by atoms with Crippen molar-refractivity contribution in [1.29, 1.82) is 0 Å². The molecule has 0 atom stereocenters. The molecule has 3 aromatic rings. The number of fused-ring (bicyclic) bond motifs is 1. The average Bonchev–Trinajstić information content (AvgIpc) is 2.83. The molecule has 0 radical (unpaired) electrons. The van der Waals surface area contributed by atoms with Gasteiger partial charge in [-0.05, 0) is 52.3 Å². The van der Waals surface area contributed by atoms with Crippen LogP contribution in [0.1, 0.15) is 5.56 Å². The van der Waals surface area contributed by atoms with E-state index in [-0.39, 0.29) is 11.4 Å². The zero-order chi connectivity index (χ0) is 15.2. The fraction of sp³-hybridized carbons (Fsp3) is 0.0714. The second-order valence-electron chi connectivity index (χ2n) is 4.44. The number of nitrogens with two attached hydrogens (primary N) is 1. The third kappa shape index (κ3) is 2.61. The smallest absolute Gasteiger partial charge is 0.416 e. The summed E-state index contributed by atoms with van der Waals surface area (Å²) >= 11 is 3.28. The molecule has 2 aromatic carbocycles. The van der Waals surface area contributed by atoms with Gasteiger partial charge in [-0.3, -0.25) is 0 Å². The first kappa shape index (κ1) is 13.9. The van der Waals surface area contributed by atoms with Crippen LogP contribution >= 0.6 is 15.9 Å². The van der Waals surface area contributed by atoms with E-state index in [9.17, 15) is 13.2 Å². The van der Waals surface area contributed by atoms with Crippen molar-refractivity contribution < 1.29 is 17.6 Å². The second kappa shape index (κ2) is 4.77. The minimum atomic E-state index is -4.41. The van der Waals surface area contributed by atoms with Crippen LogP contribution in [-0.2, 0) is 6.18 Å². The Morgan fingerprint density at radius 3 is 2.52 bits per heavy atom. The Morgan fingerprint density at radius 1 is 1.10 bits per heavy atom. The molecule has 21 heavy (non-hydrogen) atoms. The van der Waals surface area contributed by atoms with Crippen molar-refractivity contribution in [2.75, 3.05) is 5.73 Å². The predicted octanol–water partition coefficient (Wildman–Crippen LogP) is 4.86. The Labute approximate surface area is 125 Å². The lowest BCUT2D eigenvalue weighted by atomic mass is 10.2. The van der Waals surface area contributed by atoms with Gasteiger partial charge < -0.3 is 10.2 Å². The van der Waals surface area contributed by atoms with Gasteiger partial charge in [-0.2, -0.15) is 13.2 Å². The minimum absolute atomic E-state index is 0.160. The highest BCUT2D eigenvalue weighted by atomic mass is 79.9. The summed E-state index contributed by atoms with van der Waals surface area (Å²) < 4.78 is 44.1. The lowest BCUT2D eigenvalue weighted by molar-refractivity contribution is -0.137. The van der Waals surface area contributed by atoms with Crippen LogP contribution in [-0.4, -0.2) is 4.98 Å². The first-order chi connectivity index (χ1) is 9.84. The van der Waals surface area contributed by atoms with Gasteiger partial charge in [0.1, 0.15) is 5.52 Å². The standard InChI is InChI=1S/C14H8BrF3N2O/c15-9-5-7(1-3-10(9)19)13-20-11-6-8(14(16,17)18)2-4-12(11)21-13/h1-6H,19H2. The van der Waals surface area contributed by atoms with Crippen molar-refractivity contribution >= 4 is 32.7 Å². The Bertz CT molecular complexity index is 827. The van der Waals surface area contributed by atoms with Crippen LogP contribution in [0.25, 0.3) is 22.6 Å². The van der Waals surface area contributed by atoms with Crippen molar-refractivity contribution in [3.05, 3.63) is 46.4 Å². The number of hydrogen-bond acceptors (Lipinski definition) is 3. The predicted molar refractivity (Wildman–Crippen MR) is 76.6 cm³/mol. The van der Waals surface area contributed by atoms with Crippen LogP contribution in [0.15, 0.2) is 45.3 Å². The van der Waals surface area contributed by atoms with E-state index in [4.69, 9.17) is 10.2 Å². The fourth-order valence-corrected chi connectivity index (χ4v) is 2.27. The zero-order valence-corrected chi connectivity index (χ0v) is 12.0. The Kier molecular flexibility index (Phi) is 3.16. The summed E-state index contributed by atoms with van der Waals surface area (Å²) in [5.41, 5.74) is 6.56. The van der Waals surface area contributed by atoms with Crippen molar-refractivity contribution in [3.8, 4) is 11.5 Å². The monoisotopic (exact) mass is 356 g/mol. The number of halogens is 4. The van der Waals surface area contributed by atoms with Crippen LogP contribution in [0.3, 0.4) is 0 Å². The van der Waals surface area contributed by atoms with Crippen LogP contribution in [0.4, 0.5) is 18.9 Å². The molecule has 0 bridgehead atoms. The van der Waals surface area contributed by atoms with Crippen LogP contribution in [0.2, 0.25) is 0 Å². The highest BCUT2D eigenvalue weighted by molar-refractivity contribution is 9.10. The first-order valence-electron chi connectivity index (χ1n) is 5.88. The molecule has 0 spiro atoms. The molecular weight excluding hydrogens is 349 g/mol. The molecule has 0 unspecified atom stereocenters. The van der Waals surface area contributed by atoms with Gasteiger partial charge in [0, 0.05) is 15.7 Å². The number of alkyl halides is 3. The summed E-state index contributed by atoms with van der Waals surface area (Å²) in [6.45, 7) is 0. The largest absolute Gasteiger partial charge is 0.436 e. The van der Waals surface area contributed by atoms with E-state index in [1.807, 2.05) is 0 Å². The molecule has 0 aliphatic carbocycles. The number of nitrogens with zero attached hydrogens (tertiary/aromatic N) is 1.